The molecule has 0 bridgehead atoms. The van der Waals surface area contributed by atoms with E-state index in [1.807, 2.05) is 0 Å². The Morgan fingerprint density at radius 1 is 1.33 bits per heavy atom. The van der Waals surface area contributed by atoms with Gasteiger partial charge in [-0.3, -0.25) is 0 Å². The topological polar surface area (TPSA) is 49.4 Å². The molecule has 4 nitrogen and oxygen atoms in total. The van der Waals surface area contributed by atoms with Gasteiger partial charge in [-0.15, -0.1) is 0 Å². The smallest absolute Gasteiger partial charge is 0.246 e. The van der Waals surface area contributed by atoms with E-state index < -0.39 is 10.0 Å². The zero-order chi connectivity index (χ0) is 13.3. The van der Waals surface area contributed by atoms with Crippen LogP contribution >= 0.6 is 23.2 Å². The number of hydrogen-bond acceptors (Lipinski definition) is 3. The van der Waals surface area contributed by atoms with Gasteiger partial charge in [-0.25, -0.2) is 8.42 Å². The Morgan fingerprint density at radius 2 is 1.94 bits per heavy atom. The molecule has 1 heterocycles. The molecule has 0 amide bonds. The van der Waals surface area contributed by atoms with Crippen molar-refractivity contribution in [3.63, 3.8) is 0 Å². The third-order valence-corrected chi connectivity index (χ3v) is 5.97. The van der Waals surface area contributed by atoms with Crippen LogP contribution in [0.15, 0.2) is 23.1 Å². The average Bonchev–Trinajstić information content (AvgIpc) is 2.80. The highest BCUT2D eigenvalue weighted by Crippen LogP contribution is 2.32. The molecule has 1 aromatic carbocycles. The minimum Gasteiger partial charge on any atom is -0.315 e. The summed E-state index contributed by atoms with van der Waals surface area (Å²) in [6.07, 6.45) is 0.789. The molecule has 0 radical (unpaired) electrons. The molecule has 1 aliphatic heterocycles. The Labute approximate surface area is 117 Å². The molecule has 0 aromatic heterocycles. The van der Waals surface area contributed by atoms with Crippen LogP contribution in [0, 0.1) is 0 Å². The number of hydrogen-bond donors (Lipinski definition) is 1. The van der Waals surface area contributed by atoms with Crippen molar-refractivity contribution in [3.8, 4) is 0 Å². The minimum absolute atomic E-state index is 0.0114. The molecule has 1 atom stereocenters. The first kappa shape index (κ1) is 14.1. The van der Waals surface area contributed by atoms with E-state index in [0.717, 1.165) is 13.0 Å². The van der Waals surface area contributed by atoms with Crippen LogP contribution in [-0.4, -0.2) is 38.9 Å². The molecule has 100 valence electrons. The van der Waals surface area contributed by atoms with E-state index in [1.165, 1.54) is 16.4 Å². The molecular formula is C11H14Cl2N2O2S. The van der Waals surface area contributed by atoms with Crippen molar-refractivity contribution in [2.45, 2.75) is 17.4 Å². The van der Waals surface area contributed by atoms with Crippen molar-refractivity contribution in [2.75, 3.05) is 20.1 Å². The standard InChI is InChI=1S/C11H14Cl2N2O2S/c1-15(8-5-6-14-7-8)18(16,17)11-9(12)3-2-4-10(11)13/h2-4,8,14H,5-7H2,1H3/t8-/m0/s1. The van der Waals surface area contributed by atoms with Crippen LogP contribution in [0.1, 0.15) is 6.42 Å². The van der Waals surface area contributed by atoms with Crippen LogP contribution in [0.25, 0.3) is 0 Å². The summed E-state index contributed by atoms with van der Waals surface area (Å²) in [7, 11) is -2.09. The number of nitrogens with zero attached hydrogens (tertiary/aromatic N) is 1. The molecule has 1 aromatic rings. The normalized spacial score (nSPS) is 20.6. The summed E-state index contributed by atoms with van der Waals surface area (Å²) >= 11 is 11.9. The van der Waals surface area contributed by atoms with E-state index >= 15 is 0 Å². The summed E-state index contributed by atoms with van der Waals surface area (Å²) in [4.78, 5) is -0.0114. The number of benzene rings is 1. The highest BCUT2D eigenvalue weighted by Gasteiger charge is 2.32. The van der Waals surface area contributed by atoms with Crippen LogP contribution in [0.4, 0.5) is 0 Å². The first-order valence-electron chi connectivity index (χ1n) is 5.57. The lowest BCUT2D eigenvalue weighted by Crippen LogP contribution is -2.38. The average molecular weight is 309 g/mol. The van der Waals surface area contributed by atoms with Gasteiger partial charge in [-0.05, 0) is 25.1 Å². The van der Waals surface area contributed by atoms with Crippen LogP contribution in [0.5, 0.6) is 0 Å². The number of halogens is 2. The zero-order valence-corrected chi connectivity index (χ0v) is 12.2. The number of likely N-dealkylation sites (N-methyl/N-ethyl adjacent to an activating group) is 1. The molecule has 1 aliphatic rings. The second kappa shape index (κ2) is 5.35. The number of sulfonamides is 1. The van der Waals surface area contributed by atoms with Crippen molar-refractivity contribution in [3.05, 3.63) is 28.2 Å². The summed E-state index contributed by atoms with van der Waals surface area (Å²) in [5, 5.41) is 3.44. The first-order valence-corrected chi connectivity index (χ1v) is 7.77. The second-order valence-electron chi connectivity index (χ2n) is 4.22. The Bertz CT molecular complexity index is 522. The van der Waals surface area contributed by atoms with E-state index in [0.29, 0.717) is 6.54 Å². The largest absolute Gasteiger partial charge is 0.315 e. The van der Waals surface area contributed by atoms with Crippen molar-refractivity contribution in [1.82, 2.24) is 9.62 Å². The summed E-state index contributed by atoms with van der Waals surface area (Å²) < 4.78 is 26.3. The molecule has 1 saturated heterocycles. The highest BCUT2D eigenvalue weighted by atomic mass is 35.5. The van der Waals surface area contributed by atoms with E-state index in [2.05, 4.69) is 5.32 Å². The van der Waals surface area contributed by atoms with E-state index in [-0.39, 0.29) is 21.0 Å². The molecule has 0 saturated carbocycles. The van der Waals surface area contributed by atoms with Gasteiger partial charge >= 0.3 is 0 Å². The van der Waals surface area contributed by atoms with E-state index in [1.54, 1.807) is 13.1 Å². The summed E-state index contributed by atoms with van der Waals surface area (Å²) in [6.45, 7) is 1.47. The van der Waals surface area contributed by atoms with Gasteiger partial charge in [0.05, 0.1) is 10.0 Å². The van der Waals surface area contributed by atoms with Gasteiger partial charge in [0.15, 0.2) is 0 Å². The third-order valence-electron chi connectivity index (χ3n) is 3.10. The van der Waals surface area contributed by atoms with Gasteiger partial charge in [0.2, 0.25) is 10.0 Å². The van der Waals surface area contributed by atoms with Crippen LogP contribution < -0.4 is 5.32 Å². The van der Waals surface area contributed by atoms with Gasteiger partial charge in [0.1, 0.15) is 4.90 Å². The minimum atomic E-state index is -3.65. The van der Waals surface area contributed by atoms with Gasteiger partial charge in [0, 0.05) is 19.6 Å². The zero-order valence-electron chi connectivity index (χ0n) is 9.86. The van der Waals surface area contributed by atoms with E-state index in [9.17, 15) is 8.42 Å². The molecule has 1 N–H and O–H groups in total. The monoisotopic (exact) mass is 308 g/mol. The number of nitrogens with one attached hydrogen (secondary N) is 1. The molecule has 18 heavy (non-hydrogen) atoms. The van der Waals surface area contributed by atoms with Crippen molar-refractivity contribution in [2.24, 2.45) is 0 Å². The molecule has 0 unspecified atom stereocenters. The van der Waals surface area contributed by atoms with Gasteiger partial charge in [-0.2, -0.15) is 4.31 Å². The maximum Gasteiger partial charge on any atom is 0.246 e. The molecule has 7 heteroatoms. The van der Waals surface area contributed by atoms with Crippen molar-refractivity contribution >= 4 is 33.2 Å². The Morgan fingerprint density at radius 3 is 2.44 bits per heavy atom. The fourth-order valence-corrected chi connectivity index (χ4v) is 4.49. The third kappa shape index (κ3) is 2.51. The van der Waals surface area contributed by atoms with Crippen molar-refractivity contribution in [1.29, 1.82) is 0 Å². The lowest BCUT2D eigenvalue weighted by atomic mass is 10.3. The molecule has 2 rings (SSSR count). The number of rotatable bonds is 3. The summed E-state index contributed by atoms with van der Waals surface area (Å²) in [5.74, 6) is 0. The SMILES string of the molecule is CN([C@H]1CCNC1)S(=O)(=O)c1c(Cl)cccc1Cl. The van der Waals surface area contributed by atoms with Gasteiger partial charge in [0.25, 0.3) is 0 Å². The Kier molecular flexibility index (Phi) is 4.18. The summed E-state index contributed by atoms with van der Waals surface area (Å²) in [5.41, 5.74) is 0. The lowest BCUT2D eigenvalue weighted by molar-refractivity contribution is 0.388. The predicted octanol–water partition coefficient (Wildman–Crippen LogP) is 1.98. The Balaban J connectivity index is 2.41. The second-order valence-corrected chi connectivity index (χ2v) is 6.97. The van der Waals surface area contributed by atoms with Crippen molar-refractivity contribution < 1.29 is 8.42 Å². The predicted molar refractivity (Wildman–Crippen MR) is 72.7 cm³/mol. The fourth-order valence-electron chi connectivity index (χ4n) is 2.02. The van der Waals surface area contributed by atoms with Gasteiger partial charge < -0.3 is 5.32 Å². The van der Waals surface area contributed by atoms with Gasteiger partial charge in [-0.1, -0.05) is 29.3 Å². The Hall–Kier alpha value is -0.330. The molecule has 0 aliphatic carbocycles. The maximum atomic E-state index is 12.5. The lowest BCUT2D eigenvalue weighted by Gasteiger charge is -2.24. The fraction of sp³-hybridized carbons (Fsp3) is 0.455. The maximum absolute atomic E-state index is 12.5. The molecule has 1 fully saturated rings. The van der Waals surface area contributed by atoms with Crippen LogP contribution in [-0.2, 0) is 10.0 Å². The van der Waals surface area contributed by atoms with E-state index in [4.69, 9.17) is 23.2 Å². The first-order chi connectivity index (χ1) is 8.44. The summed E-state index contributed by atoms with van der Waals surface area (Å²) in [6, 6.07) is 4.63. The quantitative estimate of drug-likeness (QED) is 0.929. The van der Waals surface area contributed by atoms with Crippen LogP contribution in [0.3, 0.4) is 0 Å². The molecular weight excluding hydrogens is 295 g/mol. The van der Waals surface area contributed by atoms with Crippen LogP contribution in [0.2, 0.25) is 10.0 Å². The highest BCUT2D eigenvalue weighted by molar-refractivity contribution is 7.89. The molecule has 0 spiro atoms.